The highest BCUT2D eigenvalue weighted by atomic mass is 32.2. The second-order valence-corrected chi connectivity index (χ2v) is 11.1. The maximum absolute atomic E-state index is 12.3. The second-order valence-electron chi connectivity index (χ2n) is 7.08. The predicted molar refractivity (Wildman–Crippen MR) is 114 cm³/mol. The second kappa shape index (κ2) is 10.1. The molecule has 1 aliphatic rings. The van der Waals surface area contributed by atoms with E-state index in [1.54, 1.807) is 12.1 Å². The number of benzene rings is 1. The number of carbonyl (C=O) groups excluding carboxylic acids is 2. The molecule has 10 nitrogen and oxygen atoms in total. The Bertz CT molecular complexity index is 1180. The average Bonchev–Trinajstić information content (AvgIpc) is 3.39. The summed E-state index contributed by atoms with van der Waals surface area (Å²) in [7, 11) is -6.84. The number of furan rings is 1. The molecule has 1 unspecified atom stereocenters. The van der Waals surface area contributed by atoms with Crippen molar-refractivity contribution in [1.29, 1.82) is 0 Å². The Morgan fingerprint density at radius 1 is 1.19 bits per heavy atom. The Labute approximate surface area is 185 Å². The van der Waals surface area contributed by atoms with Gasteiger partial charge >= 0.3 is 5.97 Å². The summed E-state index contributed by atoms with van der Waals surface area (Å²) in [5, 5.41) is 2.52. The van der Waals surface area contributed by atoms with Crippen molar-refractivity contribution in [2.75, 3.05) is 18.1 Å². The van der Waals surface area contributed by atoms with Crippen LogP contribution in [-0.4, -0.2) is 52.9 Å². The smallest absolute Gasteiger partial charge is 0.331 e. The van der Waals surface area contributed by atoms with Gasteiger partial charge in [-0.25, -0.2) is 26.4 Å². The highest BCUT2D eigenvalue weighted by Crippen LogP contribution is 2.13. The number of esters is 1. The summed E-state index contributed by atoms with van der Waals surface area (Å²) in [6.45, 7) is -0.509. The van der Waals surface area contributed by atoms with Crippen LogP contribution in [0.2, 0.25) is 0 Å². The maximum Gasteiger partial charge on any atom is 0.331 e. The van der Waals surface area contributed by atoms with Crippen LogP contribution in [-0.2, 0) is 40.7 Å². The molecule has 0 saturated carbocycles. The molecular weight excluding hydrogens is 460 g/mol. The minimum Gasteiger partial charge on any atom is -0.468 e. The van der Waals surface area contributed by atoms with Crippen molar-refractivity contribution in [3.05, 3.63) is 60.1 Å². The lowest BCUT2D eigenvalue weighted by atomic mass is 10.2. The number of hydrogen-bond donors (Lipinski definition) is 2. The fourth-order valence-electron chi connectivity index (χ4n) is 2.95. The van der Waals surface area contributed by atoms with E-state index in [1.165, 1.54) is 36.6 Å². The predicted octanol–water partition coefficient (Wildman–Crippen LogP) is 0.618. The Kier molecular flexibility index (Phi) is 7.48. The first-order valence-electron chi connectivity index (χ1n) is 9.60. The molecule has 1 aromatic heterocycles. The Morgan fingerprint density at radius 2 is 1.94 bits per heavy atom. The highest BCUT2D eigenvalue weighted by molar-refractivity contribution is 7.91. The molecule has 1 fully saturated rings. The van der Waals surface area contributed by atoms with E-state index in [1.807, 2.05) is 0 Å². The topological polar surface area (TPSA) is 149 Å². The van der Waals surface area contributed by atoms with E-state index in [4.69, 9.17) is 9.15 Å². The van der Waals surface area contributed by atoms with E-state index in [9.17, 15) is 26.4 Å². The molecule has 3 rings (SSSR count). The van der Waals surface area contributed by atoms with Crippen molar-refractivity contribution >= 4 is 37.8 Å². The fourth-order valence-corrected chi connectivity index (χ4v) is 5.61. The molecule has 2 aromatic rings. The van der Waals surface area contributed by atoms with E-state index in [2.05, 4.69) is 10.0 Å². The van der Waals surface area contributed by atoms with E-state index < -0.39 is 44.4 Å². The fraction of sp³-hybridized carbons (Fsp3) is 0.300. The molecule has 1 amide bonds. The summed E-state index contributed by atoms with van der Waals surface area (Å²) in [5.74, 6) is -0.952. The molecule has 1 atom stereocenters. The van der Waals surface area contributed by atoms with Crippen LogP contribution in [0.3, 0.4) is 0 Å². The molecule has 0 aliphatic carbocycles. The van der Waals surface area contributed by atoms with Crippen LogP contribution in [0, 0.1) is 0 Å². The summed E-state index contributed by atoms with van der Waals surface area (Å²) in [5.41, 5.74) is 0.549. The van der Waals surface area contributed by atoms with E-state index in [0.717, 1.165) is 6.08 Å². The number of carbonyl (C=O) groups is 2. The minimum absolute atomic E-state index is 0.0208. The zero-order valence-corrected chi connectivity index (χ0v) is 18.5. The number of amides is 1. The van der Waals surface area contributed by atoms with Crippen LogP contribution in [0.1, 0.15) is 17.7 Å². The Morgan fingerprint density at radius 3 is 2.56 bits per heavy atom. The zero-order chi connectivity index (χ0) is 23.2. The van der Waals surface area contributed by atoms with Gasteiger partial charge in [-0.3, -0.25) is 4.79 Å². The normalized spacial score (nSPS) is 17.9. The summed E-state index contributed by atoms with van der Waals surface area (Å²) < 4.78 is 59.7. The first kappa shape index (κ1) is 23.7. The van der Waals surface area contributed by atoms with Gasteiger partial charge in [0.05, 0.1) is 29.2 Å². The molecule has 172 valence electrons. The zero-order valence-electron chi connectivity index (χ0n) is 16.9. The van der Waals surface area contributed by atoms with E-state index in [0.29, 0.717) is 17.7 Å². The maximum atomic E-state index is 12.3. The Hall–Kier alpha value is -2.96. The van der Waals surface area contributed by atoms with Crippen LogP contribution in [0.4, 0.5) is 0 Å². The molecule has 0 radical (unpaired) electrons. The van der Waals surface area contributed by atoms with Gasteiger partial charge in [-0.15, -0.1) is 0 Å². The lowest BCUT2D eigenvalue weighted by Gasteiger charge is -2.10. The number of sulfonamides is 1. The van der Waals surface area contributed by atoms with E-state index in [-0.39, 0.29) is 22.9 Å². The quantitative estimate of drug-likeness (QED) is 0.390. The van der Waals surface area contributed by atoms with Crippen LogP contribution in [0.25, 0.3) is 6.08 Å². The molecule has 0 spiro atoms. The van der Waals surface area contributed by atoms with Crippen LogP contribution in [0.5, 0.6) is 0 Å². The molecule has 2 N–H and O–H groups in total. The lowest BCUT2D eigenvalue weighted by molar-refractivity contribution is -0.143. The number of hydrogen-bond acceptors (Lipinski definition) is 8. The van der Waals surface area contributed by atoms with Gasteiger partial charge in [0.25, 0.3) is 5.91 Å². The van der Waals surface area contributed by atoms with Crippen LogP contribution >= 0.6 is 0 Å². The summed E-state index contributed by atoms with van der Waals surface area (Å²) in [6, 6.07) is 8.64. The van der Waals surface area contributed by atoms with Gasteiger partial charge < -0.3 is 14.5 Å². The third-order valence-electron chi connectivity index (χ3n) is 4.56. The molecule has 0 bridgehead atoms. The van der Waals surface area contributed by atoms with Crippen molar-refractivity contribution in [1.82, 2.24) is 10.0 Å². The summed E-state index contributed by atoms with van der Waals surface area (Å²) >= 11 is 0. The van der Waals surface area contributed by atoms with Gasteiger partial charge in [-0.05, 0) is 42.3 Å². The average molecular weight is 483 g/mol. The largest absolute Gasteiger partial charge is 0.468 e. The van der Waals surface area contributed by atoms with Gasteiger partial charge in [0.2, 0.25) is 10.0 Å². The van der Waals surface area contributed by atoms with Crippen LogP contribution in [0.15, 0.2) is 58.1 Å². The summed E-state index contributed by atoms with van der Waals surface area (Å²) in [6.07, 6.45) is 4.30. The lowest BCUT2D eigenvalue weighted by Crippen LogP contribution is -2.38. The molecule has 1 aromatic carbocycles. The third kappa shape index (κ3) is 7.04. The number of nitrogens with one attached hydrogen (secondary N) is 2. The van der Waals surface area contributed by atoms with Gasteiger partial charge in [0.1, 0.15) is 5.76 Å². The monoisotopic (exact) mass is 482 g/mol. The van der Waals surface area contributed by atoms with Gasteiger partial charge in [0, 0.05) is 12.1 Å². The summed E-state index contributed by atoms with van der Waals surface area (Å²) in [4.78, 5) is 23.6. The number of ether oxygens (including phenoxy) is 1. The first-order chi connectivity index (χ1) is 15.1. The minimum atomic E-state index is -3.73. The molecule has 32 heavy (non-hydrogen) atoms. The van der Waals surface area contributed by atoms with Crippen molar-refractivity contribution in [3.63, 3.8) is 0 Å². The molecule has 2 heterocycles. The molecule has 12 heteroatoms. The SMILES string of the molecule is O=C(COC(=O)/C=C/c1ccc(S(=O)(=O)NCc2ccco2)cc1)NC1CCS(=O)(=O)C1. The molecule has 1 aliphatic heterocycles. The van der Waals surface area contributed by atoms with E-state index >= 15 is 0 Å². The van der Waals surface area contributed by atoms with Gasteiger partial charge in [-0.2, -0.15) is 0 Å². The number of rotatable bonds is 9. The molecular formula is C20H22N2O8S2. The van der Waals surface area contributed by atoms with Crippen molar-refractivity contribution in [2.45, 2.75) is 23.9 Å². The highest BCUT2D eigenvalue weighted by Gasteiger charge is 2.28. The molecule has 1 saturated heterocycles. The number of sulfone groups is 1. The van der Waals surface area contributed by atoms with Gasteiger partial charge in [-0.1, -0.05) is 12.1 Å². The Balaban J connectivity index is 1.45. The third-order valence-corrected chi connectivity index (χ3v) is 7.75. The van der Waals surface area contributed by atoms with Crippen LogP contribution < -0.4 is 10.0 Å². The van der Waals surface area contributed by atoms with Gasteiger partial charge in [0.15, 0.2) is 16.4 Å². The van der Waals surface area contributed by atoms with Crippen molar-refractivity contribution in [3.8, 4) is 0 Å². The van der Waals surface area contributed by atoms with Crippen molar-refractivity contribution in [2.24, 2.45) is 0 Å². The van der Waals surface area contributed by atoms with Crippen molar-refractivity contribution < 1.29 is 35.6 Å². The first-order valence-corrected chi connectivity index (χ1v) is 12.9. The standard InChI is InChI=1S/C20H22N2O8S2/c23-19(22-16-9-11-31(25,26)14-16)13-30-20(24)8-5-15-3-6-18(7-4-15)32(27,28)21-12-17-2-1-10-29-17/h1-8,10,16,21H,9,11-14H2,(H,22,23)/b8-5+.